The SMILES string of the molecule is Cc1cc(C)nc(SC2CCC2C(=O)O)n1. The van der Waals surface area contributed by atoms with Crippen LogP contribution in [0.3, 0.4) is 0 Å². The molecule has 1 aromatic heterocycles. The van der Waals surface area contributed by atoms with Crippen molar-refractivity contribution in [2.75, 3.05) is 0 Å². The third-order valence-electron chi connectivity index (χ3n) is 2.75. The first-order chi connectivity index (χ1) is 7.56. The summed E-state index contributed by atoms with van der Waals surface area (Å²) in [5.41, 5.74) is 1.86. The minimum atomic E-state index is -0.701. The van der Waals surface area contributed by atoms with Gasteiger partial charge < -0.3 is 5.11 Å². The summed E-state index contributed by atoms with van der Waals surface area (Å²) in [5, 5.41) is 9.78. The number of nitrogens with zero attached hydrogens (tertiary/aromatic N) is 2. The standard InChI is InChI=1S/C11H14N2O2S/c1-6-5-7(2)13-11(12-6)16-9-4-3-8(9)10(14)15/h5,8-9H,3-4H2,1-2H3,(H,14,15). The van der Waals surface area contributed by atoms with E-state index >= 15 is 0 Å². The van der Waals surface area contributed by atoms with Crippen LogP contribution in [0, 0.1) is 19.8 Å². The number of carbonyl (C=O) groups is 1. The molecule has 2 rings (SSSR count). The van der Waals surface area contributed by atoms with Crippen LogP contribution in [0.25, 0.3) is 0 Å². The van der Waals surface area contributed by atoms with Crippen molar-refractivity contribution in [1.82, 2.24) is 9.97 Å². The zero-order valence-corrected chi connectivity index (χ0v) is 10.1. The van der Waals surface area contributed by atoms with Gasteiger partial charge in [0.15, 0.2) is 5.16 Å². The van der Waals surface area contributed by atoms with Crippen molar-refractivity contribution in [2.45, 2.75) is 37.1 Å². The lowest BCUT2D eigenvalue weighted by molar-refractivity contribution is -0.144. The average molecular weight is 238 g/mol. The highest BCUT2D eigenvalue weighted by Gasteiger charge is 2.37. The summed E-state index contributed by atoms with van der Waals surface area (Å²) < 4.78 is 0. The predicted octanol–water partition coefficient (Wildman–Crippen LogP) is 2.05. The minimum Gasteiger partial charge on any atom is -0.481 e. The molecule has 0 bridgehead atoms. The summed E-state index contributed by atoms with van der Waals surface area (Å²) in [7, 11) is 0. The highest BCUT2D eigenvalue weighted by atomic mass is 32.2. The van der Waals surface area contributed by atoms with Gasteiger partial charge in [-0.25, -0.2) is 9.97 Å². The maximum Gasteiger partial charge on any atom is 0.307 e. The Kier molecular flexibility index (Phi) is 3.14. The van der Waals surface area contributed by atoms with E-state index in [9.17, 15) is 4.79 Å². The van der Waals surface area contributed by atoms with Crippen LogP contribution in [-0.2, 0) is 4.79 Å². The van der Waals surface area contributed by atoms with Gasteiger partial charge in [-0.2, -0.15) is 0 Å². The van der Waals surface area contributed by atoms with Crippen molar-refractivity contribution in [3.8, 4) is 0 Å². The second kappa shape index (κ2) is 4.41. The van der Waals surface area contributed by atoms with Crippen LogP contribution in [0.1, 0.15) is 24.2 Å². The van der Waals surface area contributed by atoms with Crippen molar-refractivity contribution >= 4 is 17.7 Å². The zero-order valence-electron chi connectivity index (χ0n) is 9.30. The van der Waals surface area contributed by atoms with Gasteiger partial charge in [0.25, 0.3) is 0 Å². The molecule has 0 aliphatic heterocycles. The average Bonchev–Trinajstić information content (AvgIpc) is 2.09. The summed E-state index contributed by atoms with van der Waals surface area (Å²) in [6.07, 6.45) is 1.72. The fourth-order valence-electron chi connectivity index (χ4n) is 1.77. The molecule has 4 nitrogen and oxygen atoms in total. The monoisotopic (exact) mass is 238 g/mol. The number of hydrogen-bond donors (Lipinski definition) is 1. The Bertz CT molecular complexity index is 402. The molecule has 0 radical (unpaired) electrons. The molecular weight excluding hydrogens is 224 g/mol. The maximum atomic E-state index is 10.9. The Morgan fingerprint density at radius 3 is 2.44 bits per heavy atom. The molecule has 1 fully saturated rings. The number of aliphatic carboxylic acids is 1. The Morgan fingerprint density at radius 2 is 2.00 bits per heavy atom. The molecule has 5 heteroatoms. The zero-order chi connectivity index (χ0) is 11.7. The maximum absolute atomic E-state index is 10.9. The first-order valence-corrected chi connectivity index (χ1v) is 6.16. The summed E-state index contributed by atoms with van der Waals surface area (Å²) in [6.45, 7) is 3.85. The van der Waals surface area contributed by atoms with Crippen molar-refractivity contribution in [3.63, 3.8) is 0 Å². The Morgan fingerprint density at radius 1 is 1.38 bits per heavy atom. The fourth-order valence-corrected chi connectivity index (χ4v) is 3.11. The van der Waals surface area contributed by atoms with E-state index < -0.39 is 5.97 Å². The number of hydrogen-bond acceptors (Lipinski definition) is 4. The van der Waals surface area contributed by atoms with E-state index in [-0.39, 0.29) is 11.2 Å². The van der Waals surface area contributed by atoms with Gasteiger partial charge in [-0.3, -0.25) is 4.79 Å². The lowest BCUT2D eigenvalue weighted by Crippen LogP contribution is -2.35. The van der Waals surface area contributed by atoms with Crippen molar-refractivity contribution in [1.29, 1.82) is 0 Å². The van der Waals surface area contributed by atoms with Crippen molar-refractivity contribution in [3.05, 3.63) is 17.5 Å². The minimum absolute atomic E-state index is 0.138. The predicted molar refractivity (Wildman–Crippen MR) is 61.5 cm³/mol. The number of carboxylic acids is 1. The second-order valence-corrected chi connectivity index (χ2v) is 5.32. The van der Waals surface area contributed by atoms with E-state index in [0.717, 1.165) is 24.2 Å². The van der Waals surface area contributed by atoms with Crippen LogP contribution < -0.4 is 0 Å². The first-order valence-electron chi connectivity index (χ1n) is 5.28. The first kappa shape index (κ1) is 11.4. The lowest BCUT2D eigenvalue weighted by Gasteiger charge is -2.31. The molecule has 1 aliphatic rings. The van der Waals surface area contributed by atoms with Crippen molar-refractivity contribution < 1.29 is 9.90 Å². The van der Waals surface area contributed by atoms with Gasteiger partial charge in [0, 0.05) is 16.6 Å². The third kappa shape index (κ3) is 2.35. The van der Waals surface area contributed by atoms with Crippen LogP contribution in [0.5, 0.6) is 0 Å². The summed E-state index contributed by atoms with van der Waals surface area (Å²) in [5.74, 6) is -0.928. The Hall–Kier alpha value is -1.10. The van der Waals surface area contributed by atoms with E-state index in [4.69, 9.17) is 5.11 Å². The molecule has 0 aromatic carbocycles. The number of carboxylic acid groups (broad SMARTS) is 1. The molecule has 1 aliphatic carbocycles. The Balaban J connectivity index is 2.07. The van der Waals surface area contributed by atoms with Crippen LogP contribution in [0.4, 0.5) is 0 Å². The smallest absolute Gasteiger partial charge is 0.307 e. The molecule has 1 aromatic rings. The largest absolute Gasteiger partial charge is 0.481 e. The van der Waals surface area contributed by atoms with Crippen LogP contribution >= 0.6 is 11.8 Å². The van der Waals surface area contributed by atoms with Crippen LogP contribution in [0.2, 0.25) is 0 Å². The molecule has 86 valence electrons. The van der Waals surface area contributed by atoms with E-state index in [2.05, 4.69) is 9.97 Å². The van der Waals surface area contributed by atoms with Crippen LogP contribution in [-0.4, -0.2) is 26.3 Å². The molecule has 16 heavy (non-hydrogen) atoms. The fraction of sp³-hybridized carbons (Fsp3) is 0.545. The van der Waals surface area contributed by atoms with Crippen LogP contribution in [0.15, 0.2) is 11.2 Å². The van der Waals surface area contributed by atoms with Gasteiger partial charge in [-0.1, -0.05) is 11.8 Å². The molecule has 2 unspecified atom stereocenters. The molecule has 2 atom stereocenters. The molecule has 1 heterocycles. The summed E-state index contributed by atoms with van der Waals surface area (Å²) >= 11 is 1.49. The second-order valence-electron chi connectivity index (χ2n) is 4.11. The number of thioether (sulfide) groups is 1. The molecule has 1 N–H and O–H groups in total. The molecular formula is C11H14N2O2S. The molecule has 0 spiro atoms. The van der Waals surface area contributed by atoms with Gasteiger partial charge in [0.05, 0.1) is 5.92 Å². The number of aromatic nitrogens is 2. The third-order valence-corrected chi connectivity index (χ3v) is 4.01. The highest BCUT2D eigenvalue weighted by Crippen LogP contribution is 2.40. The van der Waals surface area contributed by atoms with E-state index in [0.29, 0.717) is 5.16 Å². The molecule has 0 amide bonds. The lowest BCUT2D eigenvalue weighted by atomic mass is 9.85. The van der Waals surface area contributed by atoms with E-state index in [1.54, 1.807) is 0 Å². The number of aryl methyl sites for hydroxylation is 2. The molecule has 1 saturated carbocycles. The van der Waals surface area contributed by atoms with Crippen molar-refractivity contribution in [2.24, 2.45) is 5.92 Å². The van der Waals surface area contributed by atoms with E-state index in [1.807, 2.05) is 19.9 Å². The normalized spacial score (nSPS) is 23.9. The quantitative estimate of drug-likeness (QED) is 0.816. The Labute approximate surface area is 98.5 Å². The van der Waals surface area contributed by atoms with Gasteiger partial charge >= 0.3 is 5.97 Å². The highest BCUT2D eigenvalue weighted by molar-refractivity contribution is 7.99. The van der Waals surface area contributed by atoms with Gasteiger partial charge in [-0.05, 0) is 32.8 Å². The molecule has 0 saturated heterocycles. The summed E-state index contributed by atoms with van der Waals surface area (Å²) in [6, 6.07) is 1.92. The van der Waals surface area contributed by atoms with E-state index in [1.165, 1.54) is 11.8 Å². The summed E-state index contributed by atoms with van der Waals surface area (Å²) in [4.78, 5) is 19.5. The van der Waals surface area contributed by atoms with Gasteiger partial charge in [0.2, 0.25) is 0 Å². The topological polar surface area (TPSA) is 63.1 Å². The van der Waals surface area contributed by atoms with Gasteiger partial charge in [-0.15, -0.1) is 0 Å². The number of rotatable bonds is 3. The van der Waals surface area contributed by atoms with Gasteiger partial charge in [0.1, 0.15) is 0 Å².